The molecule has 3 aromatic carbocycles. The van der Waals surface area contributed by atoms with Crippen molar-refractivity contribution in [2.24, 2.45) is 5.92 Å². The lowest BCUT2D eigenvalue weighted by atomic mass is 9.73. The average molecular weight is 703 g/mol. The zero-order valence-electron chi connectivity index (χ0n) is 28.7. The molecular weight excluding hydrogens is 666 g/mol. The summed E-state index contributed by atoms with van der Waals surface area (Å²) in [6.07, 6.45) is -7.80. The Kier molecular flexibility index (Phi) is 8.51. The molecule has 6 aromatic rings. The van der Waals surface area contributed by atoms with Gasteiger partial charge in [0.05, 0.1) is 28.3 Å². The van der Waals surface area contributed by atoms with Gasteiger partial charge in [0, 0.05) is 51.9 Å². The molecule has 0 bridgehead atoms. The van der Waals surface area contributed by atoms with E-state index in [4.69, 9.17) is 4.74 Å². The first kappa shape index (κ1) is 34.4. The summed E-state index contributed by atoms with van der Waals surface area (Å²) >= 11 is 0. The molecule has 0 unspecified atom stereocenters. The van der Waals surface area contributed by atoms with Crippen molar-refractivity contribution in [3.05, 3.63) is 119 Å². The van der Waals surface area contributed by atoms with Crippen LogP contribution in [0, 0.1) is 26.7 Å². The maximum absolute atomic E-state index is 14.3. The molecule has 0 saturated carbocycles. The fraction of sp³-hybridized carbons (Fsp3) is 0.300. The van der Waals surface area contributed by atoms with Crippen LogP contribution >= 0.6 is 0 Å². The minimum absolute atomic E-state index is 0.0221. The molecule has 3 aromatic heterocycles. The molecule has 5 nitrogen and oxygen atoms in total. The summed E-state index contributed by atoms with van der Waals surface area (Å²) in [4.78, 5) is 4.64. The van der Waals surface area contributed by atoms with E-state index in [0.29, 0.717) is 17.2 Å². The number of para-hydroxylation sites is 1. The third-order valence-corrected chi connectivity index (χ3v) is 9.82. The Morgan fingerprint density at radius 3 is 2.27 bits per heavy atom. The lowest BCUT2D eigenvalue weighted by Crippen LogP contribution is -2.36. The highest BCUT2D eigenvalue weighted by atomic mass is 19.4. The number of fused-ring (bicyclic) bond motifs is 3. The molecule has 0 radical (unpaired) electrons. The summed E-state index contributed by atoms with van der Waals surface area (Å²) in [5, 5.41) is 6.61. The van der Waals surface area contributed by atoms with Gasteiger partial charge in [-0.3, -0.25) is 4.57 Å². The van der Waals surface area contributed by atoms with Gasteiger partial charge in [0.1, 0.15) is 17.3 Å². The smallest absolute Gasteiger partial charge is 0.412 e. The van der Waals surface area contributed by atoms with Crippen LogP contribution in [0.15, 0.2) is 90.6 Å². The van der Waals surface area contributed by atoms with Crippen molar-refractivity contribution >= 4 is 21.8 Å². The van der Waals surface area contributed by atoms with Crippen molar-refractivity contribution in [2.75, 3.05) is 0 Å². The Bertz CT molecular complexity index is 2310. The maximum atomic E-state index is 14.3. The number of pyridine rings is 1. The van der Waals surface area contributed by atoms with Gasteiger partial charge in [-0.2, -0.15) is 31.4 Å². The zero-order chi connectivity index (χ0) is 36.4. The molecule has 51 heavy (non-hydrogen) atoms. The van der Waals surface area contributed by atoms with E-state index in [0.717, 1.165) is 44.8 Å². The number of aryl methyl sites for hydroxylation is 2. The van der Waals surface area contributed by atoms with Gasteiger partial charge in [0.25, 0.3) is 0 Å². The fourth-order valence-electron chi connectivity index (χ4n) is 7.45. The fourth-order valence-corrected chi connectivity index (χ4v) is 7.45. The Morgan fingerprint density at radius 2 is 1.57 bits per heavy atom. The molecule has 3 heterocycles. The monoisotopic (exact) mass is 702 g/mol. The first-order valence-electron chi connectivity index (χ1n) is 16.8. The highest BCUT2D eigenvalue weighted by Crippen LogP contribution is 2.53. The number of hydrogen-bond acceptors (Lipinski definition) is 3. The molecule has 11 heteroatoms. The van der Waals surface area contributed by atoms with Gasteiger partial charge in [0.15, 0.2) is 0 Å². The van der Waals surface area contributed by atoms with Gasteiger partial charge < -0.3 is 4.74 Å². The molecular formula is C40H36F6N4O. The van der Waals surface area contributed by atoms with E-state index >= 15 is 0 Å². The van der Waals surface area contributed by atoms with E-state index in [1.165, 1.54) is 18.5 Å². The van der Waals surface area contributed by atoms with Gasteiger partial charge in [-0.1, -0.05) is 38.1 Å². The predicted octanol–water partition coefficient (Wildman–Crippen LogP) is 11.7. The van der Waals surface area contributed by atoms with Gasteiger partial charge in [-0.05, 0) is 93.1 Å². The number of nitrogens with zero attached hydrogens (tertiary/aromatic N) is 4. The summed E-state index contributed by atoms with van der Waals surface area (Å²) in [6, 6.07) is 23.2. The Morgan fingerprint density at radius 1 is 0.824 bits per heavy atom. The van der Waals surface area contributed by atoms with Gasteiger partial charge >= 0.3 is 12.4 Å². The molecule has 0 aliphatic heterocycles. The maximum Gasteiger partial charge on any atom is 0.412 e. The topological polar surface area (TPSA) is 44.9 Å². The molecule has 264 valence electrons. The average Bonchev–Trinajstić information content (AvgIpc) is 3.55. The first-order chi connectivity index (χ1) is 24.1. The first-order valence-corrected chi connectivity index (χ1v) is 16.8. The molecule has 0 spiro atoms. The largest absolute Gasteiger partial charge is 0.457 e. The Hall–Kier alpha value is -5.06. The van der Waals surface area contributed by atoms with Crippen molar-refractivity contribution in [1.29, 1.82) is 0 Å². The van der Waals surface area contributed by atoms with Crippen molar-refractivity contribution in [2.45, 2.75) is 71.6 Å². The number of aromatic nitrogens is 4. The number of hydrogen-bond donors (Lipinski definition) is 0. The van der Waals surface area contributed by atoms with Crippen molar-refractivity contribution in [3.63, 3.8) is 0 Å². The summed E-state index contributed by atoms with van der Waals surface area (Å²) in [5.74, 6) is -2.34. The van der Waals surface area contributed by atoms with Crippen LogP contribution in [0.1, 0.15) is 66.6 Å². The molecule has 7 rings (SSSR count). The van der Waals surface area contributed by atoms with Crippen molar-refractivity contribution in [3.8, 4) is 23.0 Å². The quantitative estimate of drug-likeness (QED) is 0.128. The highest BCUT2D eigenvalue weighted by Gasteiger charge is 2.54. The third-order valence-electron chi connectivity index (χ3n) is 9.82. The molecule has 0 N–H and O–H groups in total. The minimum Gasteiger partial charge on any atom is -0.457 e. The van der Waals surface area contributed by atoms with E-state index in [1.54, 1.807) is 12.3 Å². The normalized spacial score (nSPS) is 17.1. The van der Waals surface area contributed by atoms with Crippen molar-refractivity contribution < 1.29 is 31.1 Å². The second kappa shape index (κ2) is 12.6. The van der Waals surface area contributed by atoms with Crippen LogP contribution in [0.2, 0.25) is 0 Å². The predicted molar refractivity (Wildman–Crippen MR) is 186 cm³/mol. The molecule has 2 atom stereocenters. The van der Waals surface area contributed by atoms with Crippen LogP contribution < -0.4 is 4.74 Å². The van der Waals surface area contributed by atoms with E-state index in [2.05, 4.69) is 20.7 Å². The summed E-state index contributed by atoms with van der Waals surface area (Å²) in [6.45, 7) is 8.99. The van der Waals surface area contributed by atoms with Crippen molar-refractivity contribution in [1.82, 2.24) is 19.3 Å². The number of halogens is 6. The molecule has 1 aliphatic rings. The number of allylic oxidation sites excluding steroid dienone is 2. The highest BCUT2D eigenvalue weighted by molar-refractivity contribution is 6.09. The zero-order valence-corrected chi connectivity index (χ0v) is 28.7. The van der Waals surface area contributed by atoms with Crippen LogP contribution in [0.25, 0.3) is 33.3 Å². The van der Waals surface area contributed by atoms with Crippen LogP contribution in [-0.4, -0.2) is 31.7 Å². The molecule has 0 fully saturated rings. The third kappa shape index (κ3) is 6.27. The summed E-state index contributed by atoms with van der Waals surface area (Å²) in [7, 11) is 0. The van der Waals surface area contributed by atoms with E-state index in [1.807, 2.05) is 81.4 Å². The number of benzene rings is 3. The number of rotatable bonds is 6. The van der Waals surface area contributed by atoms with Crippen LogP contribution in [0.3, 0.4) is 0 Å². The molecule has 0 saturated heterocycles. The number of ether oxygens (including phenoxy) is 1. The Labute approximate surface area is 291 Å². The van der Waals surface area contributed by atoms with Crippen LogP contribution in [0.4, 0.5) is 26.3 Å². The van der Waals surface area contributed by atoms with Gasteiger partial charge in [-0.25, -0.2) is 9.67 Å². The van der Waals surface area contributed by atoms with E-state index < -0.39 is 36.2 Å². The second-order valence-corrected chi connectivity index (χ2v) is 13.6. The Balaban J connectivity index is 1.33. The van der Waals surface area contributed by atoms with Gasteiger partial charge in [-0.15, -0.1) is 0 Å². The van der Waals surface area contributed by atoms with Crippen LogP contribution in [-0.2, 0) is 0 Å². The van der Waals surface area contributed by atoms with Crippen LogP contribution in [0.5, 0.6) is 11.5 Å². The summed E-state index contributed by atoms with van der Waals surface area (Å²) in [5.41, 5.74) is 3.37. The standard InChI is InChI=1S/C40H36F6N4O/c1-22(2)26-18-27(50-25(5)37(24(4)48-50)38-32(39(41,42)43)10-8-11-33(38)40(44,45)46)20-29(19-26)51-28-13-14-31-30-9-6-7-12-34(30)49(35(31)21-28)36-17-23(3)15-16-47-36/h6-7,9-10,12-22,33,38H,8,11H2,1-5H3/t33-,38+/m0/s1. The second-order valence-electron chi connectivity index (χ2n) is 13.6. The van der Waals surface area contributed by atoms with Gasteiger partial charge in [0.2, 0.25) is 0 Å². The molecule has 0 amide bonds. The SMILES string of the molecule is Cc1ccnc(-n2c3ccccc3c3ccc(Oc4cc(C(C)C)cc(-n5nc(C)c([C@@H]6C(C(F)(F)F)=CCC[C@@H]6C(F)(F)F)c5C)c4)cc32)c1. The lowest BCUT2D eigenvalue weighted by molar-refractivity contribution is -0.187. The molecule has 1 aliphatic carbocycles. The number of alkyl halides is 6. The van der Waals surface area contributed by atoms with E-state index in [-0.39, 0.29) is 29.3 Å². The lowest BCUT2D eigenvalue weighted by Gasteiger charge is -2.35. The van der Waals surface area contributed by atoms with E-state index in [9.17, 15) is 26.3 Å². The minimum atomic E-state index is -4.92. The summed E-state index contributed by atoms with van der Waals surface area (Å²) < 4.78 is 95.6.